The molecule has 0 atom stereocenters. The second kappa shape index (κ2) is 8.97. The van der Waals surface area contributed by atoms with Gasteiger partial charge in [0.25, 0.3) is 0 Å². The molecular weight excluding hydrogens is 508 g/mol. The summed E-state index contributed by atoms with van der Waals surface area (Å²) in [6.07, 6.45) is 1.98. The molecule has 0 spiro atoms. The average molecular weight is 525 g/mol. The molecule has 3 nitrogen and oxygen atoms in total. The molecular formula is C24H17FIN3S. The molecule has 3 aromatic carbocycles. The van der Waals surface area contributed by atoms with Gasteiger partial charge in [0.1, 0.15) is 11.5 Å². The van der Waals surface area contributed by atoms with Crippen LogP contribution in [0.25, 0.3) is 22.6 Å². The van der Waals surface area contributed by atoms with E-state index in [9.17, 15) is 4.39 Å². The topological polar surface area (TPSA) is 30.2 Å². The number of aromatic nitrogens is 2. The highest BCUT2D eigenvalue weighted by Gasteiger charge is 2.14. The third-order valence-electron chi connectivity index (χ3n) is 4.50. The minimum absolute atomic E-state index is 0.272. The van der Waals surface area contributed by atoms with Gasteiger partial charge < -0.3 is 0 Å². The summed E-state index contributed by atoms with van der Waals surface area (Å²) < 4.78 is 16.3. The first-order chi connectivity index (χ1) is 14.5. The zero-order valence-corrected chi connectivity index (χ0v) is 18.9. The van der Waals surface area contributed by atoms with Gasteiger partial charge in [-0.25, -0.2) is 9.07 Å². The summed E-state index contributed by atoms with van der Waals surface area (Å²) in [5, 5.41) is 4.80. The second-order valence-electron chi connectivity index (χ2n) is 6.50. The Morgan fingerprint density at radius 2 is 1.63 bits per heavy atom. The molecule has 6 heteroatoms. The van der Waals surface area contributed by atoms with Crippen molar-refractivity contribution in [1.29, 1.82) is 0 Å². The van der Waals surface area contributed by atoms with Crippen LogP contribution >= 0.6 is 34.4 Å². The zero-order valence-electron chi connectivity index (χ0n) is 15.9. The first-order valence-corrected chi connectivity index (χ1v) is 11.0. The van der Waals surface area contributed by atoms with E-state index in [2.05, 4.69) is 65.1 Å². The Morgan fingerprint density at radius 3 is 2.27 bits per heavy atom. The van der Waals surface area contributed by atoms with E-state index >= 15 is 0 Å². The molecule has 0 aliphatic heterocycles. The lowest BCUT2D eigenvalue weighted by Crippen LogP contribution is -1.94. The zero-order chi connectivity index (χ0) is 21.1. The average Bonchev–Trinajstić information content (AvgIpc) is 3.19. The van der Waals surface area contributed by atoms with Crippen LogP contribution in [0.1, 0.15) is 5.56 Å². The molecule has 0 aliphatic rings. The number of benzene rings is 3. The molecule has 1 heterocycles. The quantitative estimate of drug-likeness (QED) is 0.199. The molecule has 1 aromatic heterocycles. The minimum Gasteiger partial charge on any atom is -0.265 e. The largest absolute Gasteiger partial charge is 0.265 e. The van der Waals surface area contributed by atoms with Gasteiger partial charge in [0.15, 0.2) is 0 Å². The van der Waals surface area contributed by atoms with E-state index in [1.54, 1.807) is 28.6 Å². The standard InChI is InChI=1S/C24H17FIN3S/c1-16(27-2)17-3-5-18(6-4-17)24-23(30-22-13-9-20(26)10-14-22)15-29(28-24)21-11-7-19(25)8-12-21/h3-15H,1-2H2. The molecule has 0 radical (unpaired) electrons. The van der Waals surface area contributed by atoms with Gasteiger partial charge in [0.05, 0.1) is 16.3 Å². The van der Waals surface area contributed by atoms with Crippen molar-refractivity contribution in [3.8, 4) is 16.9 Å². The van der Waals surface area contributed by atoms with Crippen molar-refractivity contribution < 1.29 is 4.39 Å². The molecule has 0 saturated heterocycles. The van der Waals surface area contributed by atoms with Crippen LogP contribution in [0, 0.1) is 9.39 Å². The Hall–Kier alpha value is -2.71. The highest BCUT2D eigenvalue weighted by atomic mass is 127. The highest BCUT2D eigenvalue weighted by molar-refractivity contribution is 14.1. The Balaban J connectivity index is 1.76. The van der Waals surface area contributed by atoms with Crippen LogP contribution in [0.2, 0.25) is 0 Å². The van der Waals surface area contributed by atoms with Crippen LogP contribution in [0.3, 0.4) is 0 Å². The summed E-state index contributed by atoms with van der Waals surface area (Å²) in [5.41, 5.74) is 4.18. The van der Waals surface area contributed by atoms with Crippen LogP contribution in [-0.2, 0) is 0 Å². The Bertz CT molecular complexity index is 1200. The fourth-order valence-electron chi connectivity index (χ4n) is 2.90. The fourth-order valence-corrected chi connectivity index (χ4v) is 4.19. The van der Waals surface area contributed by atoms with Gasteiger partial charge in [-0.05, 0) is 83.4 Å². The maximum absolute atomic E-state index is 13.4. The molecule has 0 N–H and O–H groups in total. The van der Waals surface area contributed by atoms with E-state index < -0.39 is 0 Å². The van der Waals surface area contributed by atoms with Gasteiger partial charge in [-0.2, -0.15) is 5.10 Å². The molecule has 0 bridgehead atoms. The second-order valence-corrected chi connectivity index (χ2v) is 8.86. The van der Waals surface area contributed by atoms with Crippen LogP contribution < -0.4 is 0 Å². The molecule has 0 unspecified atom stereocenters. The molecule has 4 rings (SSSR count). The van der Waals surface area contributed by atoms with E-state index in [0.717, 1.165) is 32.3 Å². The van der Waals surface area contributed by atoms with Crippen LogP contribution in [0.4, 0.5) is 4.39 Å². The van der Waals surface area contributed by atoms with Crippen molar-refractivity contribution in [3.63, 3.8) is 0 Å². The number of nitrogens with zero attached hydrogens (tertiary/aromatic N) is 3. The number of aliphatic imine (C=N–C) groups is 1. The number of rotatable bonds is 6. The molecule has 0 fully saturated rings. The van der Waals surface area contributed by atoms with Gasteiger partial charge in [-0.1, -0.05) is 42.6 Å². The molecule has 148 valence electrons. The van der Waals surface area contributed by atoms with Crippen LogP contribution in [-0.4, -0.2) is 16.5 Å². The van der Waals surface area contributed by atoms with Crippen molar-refractivity contribution in [3.05, 3.63) is 101 Å². The van der Waals surface area contributed by atoms with Crippen LogP contribution in [0.5, 0.6) is 0 Å². The molecule has 30 heavy (non-hydrogen) atoms. The summed E-state index contributed by atoms with van der Waals surface area (Å²) in [7, 11) is 0. The van der Waals surface area contributed by atoms with Crippen LogP contribution in [0.15, 0.2) is 100 Å². The summed E-state index contributed by atoms with van der Waals surface area (Å²) >= 11 is 3.94. The highest BCUT2D eigenvalue weighted by Crippen LogP contribution is 2.36. The van der Waals surface area contributed by atoms with Crippen molar-refractivity contribution in [2.45, 2.75) is 9.79 Å². The lowest BCUT2D eigenvalue weighted by molar-refractivity contribution is 0.627. The van der Waals surface area contributed by atoms with E-state index in [1.165, 1.54) is 15.7 Å². The Morgan fingerprint density at radius 1 is 0.967 bits per heavy atom. The normalized spacial score (nSPS) is 10.7. The summed E-state index contributed by atoms with van der Waals surface area (Å²) in [6.45, 7) is 7.42. The SMILES string of the molecule is C=NC(=C)c1ccc(-c2nn(-c3ccc(F)cc3)cc2Sc2ccc(I)cc2)cc1. The maximum Gasteiger partial charge on any atom is 0.123 e. The van der Waals surface area contributed by atoms with Gasteiger partial charge in [-0.15, -0.1) is 0 Å². The van der Waals surface area contributed by atoms with E-state index in [1.807, 2.05) is 30.5 Å². The smallest absolute Gasteiger partial charge is 0.123 e. The number of halogens is 2. The molecule has 0 saturated carbocycles. The van der Waals surface area contributed by atoms with Crippen molar-refractivity contribution in [1.82, 2.24) is 9.78 Å². The maximum atomic E-state index is 13.4. The van der Waals surface area contributed by atoms with Gasteiger partial charge >= 0.3 is 0 Å². The lowest BCUT2D eigenvalue weighted by atomic mass is 10.1. The monoisotopic (exact) mass is 525 g/mol. The third kappa shape index (κ3) is 4.55. The third-order valence-corrected chi connectivity index (χ3v) is 6.24. The van der Waals surface area contributed by atoms with Gasteiger partial charge in [0.2, 0.25) is 0 Å². The fraction of sp³-hybridized carbons (Fsp3) is 0. The van der Waals surface area contributed by atoms with Crippen molar-refractivity contribution in [2.24, 2.45) is 4.99 Å². The predicted octanol–water partition coefficient (Wildman–Crippen LogP) is 7.11. The van der Waals surface area contributed by atoms with Gasteiger partial charge in [-0.3, -0.25) is 4.99 Å². The van der Waals surface area contributed by atoms with Gasteiger partial charge in [0, 0.05) is 20.2 Å². The summed E-state index contributed by atoms with van der Waals surface area (Å²) in [6, 6.07) is 22.6. The number of hydrogen-bond donors (Lipinski definition) is 0. The Kier molecular flexibility index (Phi) is 6.15. The van der Waals surface area contributed by atoms with E-state index in [-0.39, 0.29) is 5.82 Å². The molecule has 4 aromatic rings. The summed E-state index contributed by atoms with van der Waals surface area (Å²) in [4.78, 5) is 6.02. The predicted molar refractivity (Wildman–Crippen MR) is 131 cm³/mol. The molecule has 0 aliphatic carbocycles. The van der Waals surface area contributed by atoms with E-state index in [0.29, 0.717) is 5.70 Å². The summed E-state index contributed by atoms with van der Waals surface area (Å²) in [5.74, 6) is -0.272. The number of hydrogen-bond acceptors (Lipinski definition) is 3. The first kappa shape index (κ1) is 20.6. The first-order valence-electron chi connectivity index (χ1n) is 9.09. The van der Waals surface area contributed by atoms with Crippen molar-refractivity contribution in [2.75, 3.05) is 0 Å². The lowest BCUT2D eigenvalue weighted by Gasteiger charge is -2.05. The minimum atomic E-state index is -0.272. The Labute approximate surface area is 192 Å². The van der Waals surface area contributed by atoms with Crippen molar-refractivity contribution >= 4 is 46.8 Å². The molecule has 0 amide bonds. The van der Waals surface area contributed by atoms with E-state index in [4.69, 9.17) is 5.10 Å².